The van der Waals surface area contributed by atoms with E-state index in [9.17, 15) is 0 Å². The molecule has 0 spiro atoms. The molecule has 12 rings (SSSR count). The van der Waals surface area contributed by atoms with Gasteiger partial charge in [-0.05, 0) is 70.8 Å². The number of fused-ring (bicyclic) bond motifs is 9. The van der Waals surface area contributed by atoms with Gasteiger partial charge in [-0.25, -0.2) is 0 Å². The number of para-hydroxylation sites is 4. The van der Waals surface area contributed by atoms with Crippen molar-refractivity contribution in [1.29, 1.82) is 0 Å². The molecule has 8 aromatic carbocycles. The summed E-state index contributed by atoms with van der Waals surface area (Å²) in [5.74, 6) is 1.67. The first kappa shape index (κ1) is 31.5. The van der Waals surface area contributed by atoms with E-state index in [1.165, 1.54) is 0 Å². The molecule has 6 nitrogen and oxygen atoms in total. The molecule has 0 aliphatic rings. The molecule has 0 amide bonds. The van der Waals surface area contributed by atoms with Gasteiger partial charge in [0.1, 0.15) is 11.2 Å². The average Bonchev–Trinajstić information content (AvgIpc) is 3.94. The van der Waals surface area contributed by atoms with Crippen molar-refractivity contribution in [2.24, 2.45) is 0 Å². The van der Waals surface area contributed by atoms with Gasteiger partial charge in [-0.1, -0.05) is 140 Å². The molecule has 0 saturated heterocycles. The lowest BCUT2D eigenvalue weighted by Crippen LogP contribution is -2.10. The van der Waals surface area contributed by atoms with Gasteiger partial charge < -0.3 is 4.42 Å². The SMILES string of the molecule is c1ccc(-c2ccc3c4ccccc4n(-c4nc(-c5cccc(-c6ccc7c(c6)oc6ccccc67)c5)nc(-n5c6ccccc6c6ccccc65)n4)c3c2)cc1. The van der Waals surface area contributed by atoms with Gasteiger partial charge in [-0.3, -0.25) is 9.13 Å². The minimum atomic E-state index is 0.544. The van der Waals surface area contributed by atoms with Crippen molar-refractivity contribution in [2.45, 2.75) is 0 Å². The fourth-order valence-corrected chi connectivity index (χ4v) is 8.56. The van der Waals surface area contributed by atoms with Crippen LogP contribution in [0.25, 0.3) is 111 Å². The Balaban J connectivity index is 1.12. The van der Waals surface area contributed by atoms with Gasteiger partial charge in [0, 0.05) is 37.9 Å². The Labute approximate surface area is 326 Å². The average molecular weight is 730 g/mol. The Kier molecular flexibility index (Phi) is 6.83. The molecule has 0 saturated carbocycles. The highest BCUT2D eigenvalue weighted by Gasteiger charge is 2.21. The predicted molar refractivity (Wildman–Crippen MR) is 232 cm³/mol. The fourth-order valence-electron chi connectivity index (χ4n) is 8.56. The zero-order chi connectivity index (χ0) is 37.5. The van der Waals surface area contributed by atoms with Crippen molar-refractivity contribution in [3.8, 4) is 45.5 Å². The van der Waals surface area contributed by atoms with E-state index in [0.717, 1.165) is 93.4 Å². The van der Waals surface area contributed by atoms with Crippen molar-refractivity contribution in [2.75, 3.05) is 0 Å². The second-order valence-corrected chi connectivity index (χ2v) is 14.5. The summed E-state index contributed by atoms with van der Waals surface area (Å²) in [6, 6.07) is 65.6. The maximum Gasteiger partial charge on any atom is 0.240 e. The highest BCUT2D eigenvalue weighted by Crippen LogP contribution is 2.37. The molecule has 0 fully saturated rings. The molecular weight excluding hydrogens is 699 g/mol. The first-order valence-corrected chi connectivity index (χ1v) is 19.1. The molecule has 6 heteroatoms. The summed E-state index contributed by atoms with van der Waals surface area (Å²) in [4.78, 5) is 16.0. The zero-order valence-corrected chi connectivity index (χ0v) is 30.5. The highest BCUT2D eigenvalue weighted by atomic mass is 16.3. The third-order valence-electron chi connectivity index (χ3n) is 11.2. The number of aromatic nitrogens is 5. The lowest BCUT2D eigenvalue weighted by atomic mass is 10.0. The summed E-state index contributed by atoms with van der Waals surface area (Å²) in [6.07, 6.45) is 0. The highest BCUT2D eigenvalue weighted by molar-refractivity contribution is 6.11. The molecule has 0 atom stereocenters. The third kappa shape index (κ3) is 4.94. The van der Waals surface area contributed by atoms with Crippen LogP contribution in [0.1, 0.15) is 0 Å². The predicted octanol–water partition coefficient (Wildman–Crippen LogP) is 13.0. The second kappa shape index (κ2) is 12.3. The normalized spacial score (nSPS) is 11.9. The summed E-state index contributed by atoms with van der Waals surface area (Å²) in [5.41, 5.74) is 11.1. The quantitative estimate of drug-likeness (QED) is 0.177. The van der Waals surface area contributed by atoms with Gasteiger partial charge in [-0.2, -0.15) is 15.0 Å². The number of nitrogens with zero attached hydrogens (tertiary/aromatic N) is 5. The van der Waals surface area contributed by atoms with E-state index in [2.05, 4.69) is 173 Å². The van der Waals surface area contributed by atoms with Gasteiger partial charge in [0.25, 0.3) is 0 Å². The largest absolute Gasteiger partial charge is 0.456 e. The zero-order valence-electron chi connectivity index (χ0n) is 30.5. The summed E-state index contributed by atoms with van der Waals surface area (Å²) in [6.45, 7) is 0. The van der Waals surface area contributed by atoms with Crippen LogP contribution in [0, 0.1) is 0 Å². The minimum Gasteiger partial charge on any atom is -0.456 e. The Morgan fingerprint density at radius 2 is 0.772 bits per heavy atom. The number of hydrogen-bond acceptors (Lipinski definition) is 4. The van der Waals surface area contributed by atoms with Crippen LogP contribution in [0.5, 0.6) is 0 Å². The molecule has 4 heterocycles. The van der Waals surface area contributed by atoms with Gasteiger partial charge in [0.2, 0.25) is 11.9 Å². The summed E-state index contributed by atoms with van der Waals surface area (Å²) in [7, 11) is 0. The molecule has 266 valence electrons. The smallest absolute Gasteiger partial charge is 0.240 e. The monoisotopic (exact) mass is 729 g/mol. The summed E-state index contributed by atoms with van der Waals surface area (Å²) in [5, 5.41) is 6.77. The van der Waals surface area contributed by atoms with E-state index >= 15 is 0 Å². The molecule has 4 aromatic heterocycles. The molecule has 0 bridgehead atoms. The molecule has 0 radical (unpaired) electrons. The van der Waals surface area contributed by atoms with E-state index in [4.69, 9.17) is 19.4 Å². The first-order chi connectivity index (χ1) is 28.2. The van der Waals surface area contributed by atoms with Crippen molar-refractivity contribution < 1.29 is 4.42 Å². The molecule has 0 N–H and O–H groups in total. The van der Waals surface area contributed by atoms with E-state index in [1.807, 2.05) is 24.3 Å². The van der Waals surface area contributed by atoms with Crippen LogP contribution < -0.4 is 0 Å². The fraction of sp³-hybridized carbons (Fsp3) is 0. The molecule has 57 heavy (non-hydrogen) atoms. The lowest BCUT2D eigenvalue weighted by molar-refractivity contribution is 0.669. The third-order valence-corrected chi connectivity index (χ3v) is 11.2. The molecule has 12 aromatic rings. The van der Waals surface area contributed by atoms with Gasteiger partial charge in [0.15, 0.2) is 5.82 Å². The van der Waals surface area contributed by atoms with Crippen molar-refractivity contribution in [3.05, 3.63) is 188 Å². The van der Waals surface area contributed by atoms with Crippen LogP contribution in [-0.4, -0.2) is 24.1 Å². The van der Waals surface area contributed by atoms with Crippen LogP contribution in [-0.2, 0) is 0 Å². The number of rotatable bonds is 5. The van der Waals surface area contributed by atoms with E-state index in [0.29, 0.717) is 17.7 Å². The lowest BCUT2D eigenvalue weighted by Gasteiger charge is -2.13. The Bertz CT molecular complexity index is 3490. The van der Waals surface area contributed by atoms with E-state index in [1.54, 1.807) is 0 Å². The van der Waals surface area contributed by atoms with Crippen LogP contribution in [0.2, 0.25) is 0 Å². The maximum atomic E-state index is 6.28. The molecular formula is C51H31N5O. The molecule has 0 aliphatic carbocycles. The topological polar surface area (TPSA) is 61.7 Å². The Morgan fingerprint density at radius 1 is 0.298 bits per heavy atom. The first-order valence-electron chi connectivity index (χ1n) is 19.1. The Hall–Kier alpha value is -7.83. The Morgan fingerprint density at radius 3 is 1.46 bits per heavy atom. The summed E-state index contributed by atoms with van der Waals surface area (Å²) < 4.78 is 10.6. The summed E-state index contributed by atoms with van der Waals surface area (Å²) >= 11 is 0. The van der Waals surface area contributed by atoms with Crippen LogP contribution in [0.4, 0.5) is 0 Å². The number of benzene rings is 8. The van der Waals surface area contributed by atoms with Crippen molar-refractivity contribution >= 4 is 65.6 Å². The number of furan rings is 1. The standard InChI is InChI=1S/C51H31N5O/c1-2-13-32(14-3-1)34-25-27-40-39-19-6-10-23-45(39)56(46(40)30-34)51-53-49(52-50(54-51)55-43-21-8-4-17-37(43)38-18-5-9-22-44(38)55)36-16-12-15-33(29-36)35-26-28-42-41-20-7-11-24-47(41)57-48(42)31-35/h1-31H. The number of hydrogen-bond donors (Lipinski definition) is 0. The minimum absolute atomic E-state index is 0.544. The van der Waals surface area contributed by atoms with Crippen LogP contribution >= 0.6 is 0 Å². The van der Waals surface area contributed by atoms with Gasteiger partial charge in [-0.15, -0.1) is 0 Å². The second-order valence-electron chi connectivity index (χ2n) is 14.5. The van der Waals surface area contributed by atoms with E-state index in [-0.39, 0.29) is 0 Å². The van der Waals surface area contributed by atoms with E-state index < -0.39 is 0 Å². The molecule has 0 unspecified atom stereocenters. The molecule has 0 aliphatic heterocycles. The van der Waals surface area contributed by atoms with Crippen LogP contribution in [0.15, 0.2) is 192 Å². The van der Waals surface area contributed by atoms with Crippen molar-refractivity contribution in [3.63, 3.8) is 0 Å². The van der Waals surface area contributed by atoms with Gasteiger partial charge in [0.05, 0.1) is 22.1 Å². The van der Waals surface area contributed by atoms with Crippen molar-refractivity contribution in [1.82, 2.24) is 24.1 Å². The maximum absolute atomic E-state index is 6.28. The van der Waals surface area contributed by atoms with Crippen LogP contribution in [0.3, 0.4) is 0 Å². The van der Waals surface area contributed by atoms with Gasteiger partial charge >= 0.3 is 0 Å².